The minimum atomic E-state index is -4.17. The summed E-state index contributed by atoms with van der Waals surface area (Å²) < 4.78 is 53.4. The number of rotatable bonds is 5. The quantitative estimate of drug-likeness (QED) is 0.610. The maximum absolute atomic E-state index is 12.2. The van der Waals surface area contributed by atoms with Crippen molar-refractivity contribution in [2.24, 2.45) is 0 Å². The lowest BCUT2D eigenvalue weighted by atomic mass is 10.0. The van der Waals surface area contributed by atoms with Crippen LogP contribution < -0.4 is 10.4 Å². The Kier molecular flexibility index (Phi) is 6.36. The summed E-state index contributed by atoms with van der Waals surface area (Å²) in [6.45, 7) is 8.32. The molecule has 0 radical (unpaired) electrons. The molecule has 2 saturated heterocycles. The molecule has 2 aromatic carbocycles. The highest BCUT2D eigenvalue weighted by Crippen LogP contribution is 2.42. The van der Waals surface area contributed by atoms with Crippen LogP contribution in [0.15, 0.2) is 60.7 Å². The fraction of sp³-hybridized carbons (Fsp3) is 0.478. The van der Waals surface area contributed by atoms with Crippen molar-refractivity contribution in [1.82, 2.24) is 0 Å². The molecule has 0 amide bonds. The highest BCUT2D eigenvalue weighted by molar-refractivity contribution is 7.82. The van der Waals surface area contributed by atoms with E-state index in [1.54, 1.807) is 0 Å². The van der Waals surface area contributed by atoms with Crippen LogP contribution in [0.2, 0.25) is 5.04 Å². The monoisotopic (exact) mass is 478 g/mol. The van der Waals surface area contributed by atoms with Crippen molar-refractivity contribution < 1.29 is 30.7 Å². The molecule has 2 fully saturated rings. The molecule has 2 aromatic rings. The summed E-state index contributed by atoms with van der Waals surface area (Å²) in [5, 5.41) is 1.87. The number of fused-ring (bicyclic) bond motifs is 1. The van der Waals surface area contributed by atoms with Crippen LogP contribution in [-0.4, -0.2) is 54.6 Å². The summed E-state index contributed by atoms with van der Waals surface area (Å²) in [6.07, 6.45) is -3.86. The van der Waals surface area contributed by atoms with E-state index in [0.29, 0.717) is 0 Å². The van der Waals surface area contributed by atoms with E-state index in [0.717, 1.165) is 10.4 Å². The first-order valence-corrected chi connectivity index (χ1v) is 13.9. The smallest absolute Gasteiger partial charge is 0.399 e. The Hall–Kier alpha value is -1.59. The summed E-state index contributed by atoms with van der Waals surface area (Å²) in [5.41, 5.74) is 0. The molecule has 0 N–H and O–H groups in total. The van der Waals surface area contributed by atoms with E-state index >= 15 is 0 Å². The fourth-order valence-corrected chi connectivity index (χ4v) is 10.5. The first-order chi connectivity index (χ1) is 15.1. The Morgan fingerprint density at radius 1 is 0.875 bits per heavy atom. The highest BCUT2D eigenvalue weighted by atomic mass is 32.3. The average Bonchev–Trinajstić information content (AvgIpc) is 3.08. The predicted molar refractivity (Wildman–Crippen MR) is 123 cm³/mol. The van der Waals surface area contributed by atoms with Crippen molar-refractivity contribution >= 4 is 29.1 Å². The maximum atomic E-state index is 12.2. The van der Waals surface area contributed by atoms with Gasteiger partial charge in [0.05, 0.1) is 6.10 Å². The van der Waals surface area contributed by atoms with E-state index in [1.807, 2.05) is 43.3 Å². The summed E-state index contributed by atoms with van der Waals surface area (Å²) in [6, 6.07) is 20.3. The van der Waals surface area contributed by atoms with Gasteiger partial charge in [-0.3, -0.25) is 0 Å². The van der Waals surface area contributed by atoms with Crippen molar-refractivity contribution in [3.63, 3.8) is 0 Å². The Balaban J connectivity index is 1.86. The molecule has 4 rings (SSSR count). The molecule has 0 bridgehead atoms. The second-order valence-corrected chi connectivity index (χ2v) is 14.7. The number of methoxy groups -OCH3 is 1. The van der Waals surface area contributed by atoms with Crippen molar-refractivity contribution in [1.29, 1.82) is 0 Å². The SMILES string of the molecule is CO[C@@H]1O[C@@H](C)[C@H](O[Si](c2ccccc2)(c2ccccc2)C(C)(C)C)[C@H]2OS(=O)(=O)O[C@@H]12. The topological polar surface area (TPSA) is 80.3 Å². The van der Waals surface area contributed by atoms with Crippen molar-refractivity contribution in [2.45, 2.75) is 63.4 Å². The molecule has 0 aromatic heterocycles. The lowest BCUT2D eigenvalue weighted by Crippen LogP contribution is -2.71. The standard InChI is InChI=1S/C23H30O7SSi/c1-16-19(20-21(22(26-5)27-16)29-31(24,25)28-20)30-32(23(2,3)4,17-12-8-6-9-13-17)18-14-10-7-11-15-18/h6-16,19-22H,1-5H3/t16-,19-,20+,21+,22+/m0/s1. The fourth-order valence-electron chi connectivity index (χ4n) is 4.73. The van der Waals surface area contributed by atoms with Gasteiger partial charge in [-0.15, -0.1) is 0 Å². The van der Waals surface area contributed by atoms with Gasteiger partial charge in [0.15, 0.2) is 12.4 Å². The lowest BCUT2D eigenvalue weighted by molar-refractivity contribution is -0.257. The summed E-state index contributed by atoms with van der Waals surface area (Å²) >= 11 is 0. The van der Waals surface area contributed by atoms with Crippen LogP contribution >= 0.6 is 0 Å². The molecule has 174 valence electrons. The zero-order valence-corrected chi connectivity index (χ0v) is 20.7. The first-order valence-electron chi connectivity index (χ1n) is 10.7. The minimum absolute atomic E-state index is 0.290. The van der Waals surface area contributed by atoms with Crippen molar-refractivity contribution in [3.05, 3.63) is 60.7 Å². The number of hydrogen-bond donors (Lipinski definition) is 0. The van der Waals surface area contributed by atoms with E-state index < -0.39 is 49.4 Å². The van der Waals surface area contributed by atoms with Crippen LogP contribution in [0.4, 0.5) is 0 Å². The maximum Gasteiger partial charge on any atom is 0.400 e. The third kappa shape index (κ3) is 4.07. The van der Waals surface area contributed by atoms with Crippen LogP contribution in [0.25, 0.3) is 0 Å². The van der Waals surface area contributed by atoms with Crippen LogP contribution in [0.3, 0.4) is 0 Å². The largest absolute Gasteiger partial charge is 0.400 e. The number of ether oxygens (including phenoxy) is 2. The summed E-state index contributed by atoms with van der Waals surface area (Å²) in [4.78, 5) is 0. The highest BCUT2D eigenvalue weighted by Gasteiger charge is 2.60. The van der Waals surface area contributed by atoms with Gasteiger partial charge in [-0.1, -0.05) is 81.4 Å². The first kappa shape index (κ1) is 23.6. The van der Waals surface area contributed by atoms with Gasteiger partial charge in [0, 0.05) is 7.11 Å². The lowest BCUT2D eigenvalue weighted by Gasteiger charge is -2.49. The zero-order chi connectivity index (χ0) is 23.1. The number of hydrogen-bond acceptors (Lipinski definition) is 7. The van der Waals surface area contributed by atoms with Gasteiger partial charge >= 0.3 is 10.4 Å². The van der Waals surface area contributed by atoms with Gasteiger partial charge in [0.1, 0.15) is 12.2 Å². The van der Waals surface area contributed by atoms with E-state index in [2.05, 4.69) is 45.0 Å². The number of benzene rings is 2. The zero-order valence-electron chi connectivity index (χ0n) is 18.9. The second-order valence-electron chi connectivity index (χ2n) is 9.22. The molecule has 7 nitrogen and oxygen atoms in total. The van der Waals surface area contributed by atoms with Gasteiger partial charge in [0.2, 0.25) is 0 Å². The Bertz CT molecular complexity index is 984. The molecule has 2 heterocycles. The molecule has 0 spiro atoms. The third-order valence-electron chi connectivity index (χ3n) is 6.15. The Morgan fingerprint density at radius 3 is 1.84 bits per heavy atom. The molecule has 32 heavy (non-hydrogen) atoms. The summed E-state index contributed by atoms with van der Waals surface area (Å²) in [5.74, 6) is 0. The molecule has 0 aliphatic carbocycles. The van der Waals surface area contributed by atoms with Gasteiger partial charge in [-0.05, 0) is 22.3 Å². The van der Waals surface area contributed by atoms with Gasteiger partial charge in [-0.25, -0.2) is 8.37 Å². The van der Waals surface area contributed by atoms with Crippen LogP contribution in [0.5, 0.6) is 0 Å². The average molecular weight is 479 g/mol. The third-order valence-corrected chi connectivity index (χ3v) is 12.1. The molecule has 5 atom stereocenters. The van der Waals surface area contributed by atoms with E-state index in [9.17, 15) is 8.42 Å². The molecule has 2 aliphatic heterocycles. The minimum Gasteiger partial charge on any atom is -0.399 e. The van der Waals surface area contributed by atoms with Gasteiger partial charge < -0.3 is 13.9 Å². The second kappa shape index (κ2) is 8.64. The van der Waals surface area contributed by atoms with E-state index in [1.165, 1.54) is 7.11 Å². The van der Waals surface area contributed by atoms with Gasteiger partial charge in [0.25, 0.3) is 8.32 Å². The predicted octanol–water partition coefficient (Wildman–Crippen LogP) is 2.35. The van der Waals surface area contributed by atoms with Crippen molar-refractivity contribution in [2.75, 3.05) is 7.11 Å². The van der Waals surface area contributed by atoms with Crippen LogP contribution in [0.1, 0.15) is 27.7 Å². The van der Waals surface area contributed by atoms with Crippen LogP contribution in [-0.2, 0) is 32.7 Å². The van der Waals surface area contributed by atoms with Crippen molar-refractivity contribution in [3.8, 4) is 0 Å². The van der Waals surface area contributed by atoms with Crippen LogP contribution in [0, 0.1) is 0 Å². The van der Waals surface area contributed by atoms with E-state index in [-0.39, 0.29) is 5.04 Å². The van der Waals surface area contributed by atoms with Gasteiger partial charge in [-0.2, -0.15) is 8.42 Å². The molecule has 9 heteroatoms. The summed E-state index contributed by atoms with van der Waals surface area (Å²) in [7, 11) is -5.69. The Labute approximate surface area is 191 Å². The molecule has 0 unspecified atom stereocenters. The van der Waals surface area contributed by atoms with E-state index in [4.69, 9.17) is 22.3 Å². The molecule has 0 saturated carbocycles. The normalized spacial score (nSPS) is 30.1. The molecular weight excluding hydrogens is 448 g/mol. The molecule has 2 aliphatic rings. The Morgan fingerprint density at radius 2 is 1.38 bits per heavy atom. The molecular formula is C23H30O7SSi.